The van der Waals surface area contributed by atoms with Crippen molar-refractivity contribution in [3.63, 3.8) is 0 Å². The SMILES string of the molecule is N/C(=C\C(=O)O)c1ccc(O)c(-c2ccccc2)c1. The number of aliphatic carboxylic acids is 1. The van der Waals surface area contributed by atoms with Crippen LogP contribution in [0.5, 0.6) is 5.75 Å². The van der Waals surface area contributed by atoms with Gasteiger partial charge in [-0.15, -0.1) is 0 Å². The van der Waals surface area contributed by atoms with Crippen LogP contribution in [0.3, 0.4) is 0 Å². The molecule has 0 saturated carbocycles. The first-order valence-corrected chi connectivity index (χ1v) is 5.67. The van der Waals surface area contributed by atoms with Crippen LogP contribution in [0, 0.1) is 0 Å². The van der Waals surface area contributed by atoms with Crippen molar-refractivity contribution in [1.82, 2.24) is 0 Å². The van der Waals surface area contributed by atoms with Gasteiger partial charge in [0.25, 0.3) is 0 Å². The monoisotopic (exact) mass is 255 g/mol. The van der Waals surface area contributed by atoms with Crippen LogP contribution in [0.1, 0.15) is 5.56 Å². The number of phenols is 1. The molecule has 2 rings (SSSR count). The molecule has 0 atom stereocenters. The Morgan fingerprint density at radius 3 is 2.42 bits per heavy atom. The fourth-order valence-electron chi connectivity index (χ4n) is 1.78. The summed E-state index contributed by atoms with van der Waals surface area (Å²) in [5.74, 6) is -0.982. The fourth-order valence-corrected chi connectivity index (χ4v) is 1.78. The van der Waals surface area contributed by atoms with Crippen molar-refractivity contribution in [3.05, 3.63) is 60.2 Å². The Labute approximate surface area is 110 Å². The normalized spacial score (nSPS) is 11.3. The molecule has 2 aromatic carbocycles. The number of carbonyl (C=O) groups is 1. The van der Waals surface area contributed by atoms with E-state index in [0.29, 0.717) is 11.1 Å². The summed E-state index contributed by atoms with van der Waals surface area (Å²) in [5.41, 5.74) is 7.84. The third-order valence-electron chi connectivity index (χ3n) is 2.69. The zero-order valence-corrected chi connectivity index (χ0v) is 10.1. The van der Waals surface area contributed by atoms with Crippen molar-refractivity contribution < 1.29 is 15.0 Å². The van der Waals surface area contributed by atoms with Gasteiger partial charge in [-0.2, -0.15) is 0 Å². The Morgan fingerprint density at radius 1 is 1.11 bits per heavy atom. The second-order valence-electron chi connectivity index (χ2n) is 4.04. The van der Waals surface area contributed by atoms with E-state index in [-0.39, 0.29) is 11.4 Å². The Hall–Kier alpha value is -2.75. The lowest BCUT2D eigenvalue weighted by atomic mass is 10.0. The number of phenolic OH excluding ortho intramolecular Hbond substituents is 1. The average Bonchev–Trinajstić information content (AvgIpc) is 2.39. The maximum absolute atomic E-state index is 10.6. The summed E-state index contributed by atoms with van der Waals surface area (Å²) < 4.78 is 0. The zero-order valence-electron chi connectivity index (χ0n) is 10.1. The summed E-state index contributed by atoms with van der Waals surface area (Å²) in [7, 11) is 0. The van der Waals surface area contributed by atoms with Gasteiger partial charge < -0.3 is 15.9 Å². The van der Waals surface area contributed by atoms with Crippen LogP contribution < -0.4 is 5.73 Å². The molecule has 0 bridgehead atoms. The first kappa shape index (κ1) is 12.7. The number of benzene rings is 2. The molecule has 0 radical (unpaired) electrons. The van der Waals surface area contributed by atoms with Crippen LogP contribution in [0.25, 0.3) is 16.8 Å². The van der Waals surface area contributed by atoms with Crippen LogP contribution in [0.4, 0.5) is 0 Å². The second-order valence-corrected chi connectivity index (χ2v) is 4.04. The highest BCUT2D eigenvalue weighted by molar-refractivity contribution is 5.90. The lowest BCUT2D eigenvalue weighted by Crippen LogP contribution is -2.00. The van der Waals surface area contributed by atoms with E-state index in [1.165, 1.54) is 6.07 Å². The number of carboxylic acids is 1. The predicted molar refractivity (Wildman–Crippen MR) is 73.3 cm³/mol. The van der Waals surface area contributed by atoms with E-state index >= 15 is 0 Å². The summed E-state index contributed by atoms with van der Waals surface area (Å²) in [4.78, 5) is 10.6. The molecule has 0 spiro atoms. The summed E-state index contributed by atoms with van der Waals surface area (Å²) >= 11 is 0. The minimum absolute atomic E-state index is 0.123. The number of carboxylic acid groups (broad SMARTS) is 1. The van der Waals surface area contributed by atoms with Crippen LogP contribution in [0.2, 0.25) is 0 Å². The molecule has 4 nitrogen and oxygen atoms in total. The number of hydrogen-bond donors (Lipinski definition) is 3. The first-order valence-electron chi connectivity index (χ1n) is 5.67. The molecule has 4 N–H and O–H groups in total. The number of hydrogen-bond acceptors (Lipinski definition) is 3. The molecule has 0 unspecified atom stereocenters. The molecular weight excluding hydrogens is 242 g/mol. The zero-order chi connectivity index (χ0) is 13.8. The van der Waals surface area contributed by atoms with E-state index in [2.05, 4.69) is 0 Å². The largest absolute Gasteiger partial charge is 0.507 e. The van der Waals surface area contributed by atoms with Crippen LogP contribution in [-0.2, 0) is 4.79 Å². The van der Waals surface area contributed by atoms with E-state index < -0.39 is 5.97 Å². The molecule has 0 aromatic heterocycles. The van der Waals surface area contributed by atoms with Crippen LogP contribution in [0.15, 0.2) is 54.6 Å². The van der Waals surface area contributed by atoms with Crippen molar-refractivity contribution in [3.8, 4) is 16.9 Å². The number of rotatable bonds is 3. The molecule has 2 aromatic rings. The minimum atomic E-state index is -1.10. The molecule has 19 heavy (non-hydrogen) atoms. The minimum Gasteiger partial charge on any atom is -0.507 e. The second kappa shape index (κ2) is 5.27. The van der Waals surface area contributed by atoms with Gasteiger partial charge in [-0.05, 0) is 29.3 Å². The van der Waals surface area contributed by atoms with Gasteiger partial charge in [0, 0.05) is 17.3 Å². The molecule has 0 aliphatic carbocycles. The molecule has 0 aliphatic rings. The summed E-state index contributed by atoms with van der Waals surface area (Å²) in [5, 5.41) is 18.6. The smallest absolute Gasteiger partial charge is 0.330 e. The third kappa shape index (κ3) is 2.93. The van der Waals surface area contributed by atoms with Gasteiger partial charge in [0.15, 0.2) is 0 Å². The van der Waals surface area contributed by atoms with Gasteiger partial charge in [0.05, 0.1) is 0 Å². The Kier molecular flexibility index (Phi) is 3.52. The van der Waals surface area contributed by atoms with E-state index in [1.807, 2.05) is 30.3 Å². The van der Waals surface area contributed by atoms with Crippen LogP contribution in [-0.4, -0.2) is 16.2 Å². The molecule has 0 amide bonds. The maximum Gasteiger partial charge on any atom is 0.330 e. The quantitative estimate of drug-likeness (QED) is 0.735. The van der Waals surface area contributed by atoms with Crippen molar-refractivity contribution in [2.24, 2.45) is 5.73 Å². The van der Waals surface area contributed by atoms with E-state index in [1.54, 1.807) is 12.1 Å². The number of aromatic hydroxyl groups is 1. The van der Waals surface area contributed by atoms with Gasteiger partial charge in [0.1, 0.15) is 5.75 Å². The number of nitrogens with two attached hydrogens (primary N) is 1. The van der Waals surface area contributed by atoms with Gasteiger partial charge in [-0.3, -0.25) is 0 Å². The maximum atomic E-state index is 10.6. The topological polar surface area (TPSA) is 83.6 Å². The molecular formula is C15H13NO3. The molecule has 4 heteroatoms. The summed E-state index contributed by atoms with van der Waals surface area (Å²) in [6.45, 7) is 0. The van der Waals surface area contributed by atoms with Gasteiger partial charge in [-0.1, -0.05) is 30.3 Å². The highest BCUT2D eigenvalue weighted by Gasteiger charge is 2.07. The first-order chi connectivity index (χ1) is 9.08. The standard InChI is InChI=1S/C15H13NO3/c16-13(9-15(18)19)11-6-7-14(17)12(8-11)10-4-2-1-3-5-10/h1-9,17H,16H2,(H,18,19)/b13-9-. The predicted octanol–water partition coefficient (Wildman–Crippen LogP) is 2.44. The molecule has 0 saturated heterocycles. The van der Waals surface area contributed by atoms with E-state index in [0.717, 1.165) is 11.6 Å². The Bertz CT molecular complexity index is 633. The Balaban J connectivity index is 2.50. The average molecular weight is 255 g/mol. The third-order valence-corrected chi connectivity index (χ3v) is 2.69. The van der Waals surface area contributed by atoms with Crippen molar-refractivity contribution in [2.75, 3.05) is 0 Å². The van der Waals surface area contributed by atoms with Crippen molar-refractivity contribution in [2.45, 2.75) is 0 Å². The molecule has 96 valence electrons. The van der Waals surface area contributed by atoms with E-state index in [4.69, 9.17) is 10.8 Å². The highest BCUT2D eigenvalue weighted by atomic mass is 16.4. The Morgan fingerprint density at radius 2 is 1.79 bits per heavy atom. The molecule has 0 heterocycles. The molecule has 0 fully saturated rings. The van der Waals surface area contributed by atoms with Crippen LogP contribution >= 0.6 is 0 Å². The summed E-state index contributed by atoms with van der Waals surface area (Å²) in [6, 6.07) is 14.1. The van der Waals surface area contributed by atoms with Gasteiger partial charge in [-0.25, -0.2) is 4.79 Å². The fraction of sp³-hybridized carbons (Fsp3) is 0. The highest BCUT2D eigenvalue weighted by Crippen LogP contribution is 2.30. The lowest BCUT2D eigenvalue weighted by molar-refractivity contribution is -0.131. The molecule has 0 aliphatic heterocycles. The van der Waals surface area contributed by atoms with E-state index in [9.17, 15) is 9.90 Å². The van der Waals surface area contributed by atoms with Gasteiger partial charge in [0.2, 0.25) is 0 Å². The lowest BCUT2D eigenvalue weighted by Gasteiger charge is -2.08. The van der Waals surface area contributed by atoms with Crippen molar-refractivity contribution in [1.29, 1.82) is 0 Å². The summed E-state index contributed by atoms with van der Waals surface area (Å²) in [6.07, 6.45) is 0.932. The van der Waals surface area contributed by atoms with Gasteiger partial charge >= 0.3 is 5.97 Å². The van der Waals surface area contributed by atoms with Crippen molar-refractivity contribution >= 4 is 11.7 Å².